The number of aromatic nitrogens is 4. The Morgan fingerprint density at radius 1 is 0.971 bits per heavy atom. The Bertz CT molecular complexity index is 1600. The summed E-state index contributed by atoms with van der Waals surface area (Å²) in [5, 5.41) is 2.87. The lowest BCUT2D eigenvalue weighted by Gasteiger charge is -2.27. The first kappa shape index (κ1) is 20.3. The summed E-state index contributed by atoms with van der Waals surface area (Å²) in [6, 6.07) is 18.2. The van der Waals surface area contributed by atoms with Gasteiger partial charge >= 0.3 is 0 Å². The zero-order valence-corrected chi connectivity index (χ0v) is 18.9. The fourth-order valence-corrected chi connectivity index (χ4v) is 4.64. The summed E-state index contributed by atoms with van der Waals surface area (Å²) in [5.74, 6) is 1.56. The molecule has 0 atom stereocenters. The Labute approximate surface area is 195 Å². The zero-order valence-electron chi connectivity index (χ0n) is 18.9. The number of imidazole rings is 1. The highest BCUT2D eigenvalue weighted by atomic mass is 16.5. The second-order valence-corrected chi connectivity index (χ2v) is 8.32. The first-order chi connectivity index (χ1) is 16.6. The van der Waals surface area contributed by atoms with Crippen molar-refractivity contribution in [1.82, 2.24) is 19.5 Å². The molecule has 3 heterocycles. The molecule has 2 aromatic heterocycles. The van der Waals surface area contributed by atoms with E-state index < -0.39 is 0 Å². The summed E-state index contributed by atoms with van der Waals surface area (Å²) in [4.78, 5) is 27.2. The number of rotatable bonds is 4. The van der Waals surface area contributed by atoms with Crippen molar-refractivity contribution < 1.29 is 9.47 Å². The number of benzene rings is 3. The van der Waals surface area contributed by atoms with Gasteiger partial charge in [-0.2, -0.15) is 0 Å². The van der Waals surface area contributed by atoms with Gasteiger partial charge in [0.15, 0.2) is 11.5 Å². The van der Waals surface area contributed by atoms with Gasteiger partial charge in [0, 0.05) is 30.4 Å². The number of methoxy groups -OCH3 is 2. The van der Waals surface area contributed by atoms with Crippen LogP contribution in [0.15, 0.2) is 65.7 Å². The average molecular weight is 454 g/mol. The predicted octanol–water partition coefficient (Wildman–Crippen LogP) is 3.84. The number of nitrogens with zero attached hydrogens (tertiary/aromatic N) is 4. The van der Waals surface area contributed by atoms with Gasteiger partial charge in [-0.25, -0.2) is 9.97 Å². The fourth-order valence-electron chi connectivity index (χ4n) is 4.64. The van der Waals surface area contributed by atoms with Crippen LogP contribution in [0.4, 0.5) is 5.95 Å². The van der Waals surface area contributed by atoms with E-state index in [4.69, 9.17) is 14.5 Å². The summed E-state index contributed by atoms with van der Waals surface area (Å²) in [6.45, 7) is 1.28. The molecule has 1 N–H and O–H groups in total. The fraction of sp³-hybridized carbons (Fsp3) is 0.192. The second kappa shape index (κ2) is 7.91. The number of nitrogens with one attached hydrogen (secondary N) is 1. The Morgan fingerprint density at radius 3 is 2.59 bits per heavy atom. The van der Waals surface area contributed by atoms with Crippen LogP contribution in [0.3, 0.4) is 0 Å². The molecule has 0 radical (unpaired) electrons. The average Bonchev–Trinajstić information content (AvgIpc) is 3.31. The minimum absolute atomic E-state index is 0.214. The van der Waals surface area contributed by atoms with E-state index in [9.17, 15) is 4.79 Å². The third-order valence-corrected chi connectivity index (χ3v) is 6.42. The van der Waals surface area contributed by atoms with E-state index in [0.29, 0.717) is 41.4 Å². The van der Waals surface area contributed by atoms with Gasteiger partial charge < -0.3 is 18.9 Å². The molecule has 170 valence electrons. The molecule has 6 rings (SSSR count). The summed E-state index contributed by atoms with van der Waals surface area (Å²) < 4.78 is 12.9. The molecular formula is C26H23N5O3. The molecule has 1 aliphatic rings. The maximum absolute atomic E-state index is 12.8. The molecule has 0 aliphatic carbocycles. The molecule has 0 spiro atoms. The molecule has 1 aliphatic heterocycles. The van der Waals surface area contributed by atoms with Gasteiger partial charge in [-0.15, -0.1) is 0 Å². The SMILES string of the molecule is COc1cc2nc(N3CCc4c(ncn4-c4ccc5ccccc5c4)C3)[nH]c(=O)c2cc1OC. The first-order valence-electron chi connectivity index (χ1n) is 11.1. The lowest BCUT2D eigenvalue weighted by atomic mass is 10.1. The van der Waals surface area contributed by atoms with Crippen LogP contribution in [0.5, 0.6) is 11.5 Å². The molecule has 0 saturated carbocycles. The van der Waals surface area contributed by atoms with E-state index >= 15 is 0 Å². The number of anilines is 1. The number of hydrogen-bond acceptors (Lipinski definition) is 6. The van der Waals surface area contributed by atoms with Crippen LogP contribution in [-0.4, -0.2) is 40.3 Å². The van der Waals surface area contributed by atoms with Crippen molar-refractivity contribution >= 4 is 27.6 Å². The third-order valence-electron chi connectivity index (χ3n) is 6.42. The summed E-state index contributed by atoms with van der Waals surface area (Å²) >= 11 is 0. The molecule has 8 nitrogen and oxygen atoms in total. The van der Waals surface area contributed by atoms with Crippen molar-refractivity contribution in [3.63, 3.8) is 0 Å². The number of fused-ring (bicyclic) bond motifs is 3. The highest BCUT2D eigenvalue weighted by Gasteiger charge is 2.24. The molecule has 8 heteroatoms. The molecule has 0 bridgehead atoms. The van der Waals surface area contributed by atoms with Crippen LogP contribution in [0, 0.1) is 0 Å². The molecule has 3 aromatic carbocycles. The highest BCUT2D eigenvalue weighted by molar-refractivity contribution is 5.84. The largest absolute Gasteiger partial charge is 0.493 e. The quantitative estimate of drug-likeness (QED) is 0.445. The zero-order chi connectivity index (χ0) is 23.2. The Hall–Kier alpha value is -4.33. The van der Waals surface area contributed by atoms with E-state index in [1.165, 1.54) is 16.5 Å². The molecule has 34 heavy (non-hydrogen) atoms. The van der Waals surface area contributed by atoms with Crippen molar-refractivity contribution in [1.29, 1.82) is 0 Å². The van der Waals surface area contributed by atoms with Crippen LogP contribution in [0.2, 0.25) is 0 Å². The lowest BCUT2D eigenvalue weighted by Crippen LogP contribution is -2.33. The van der Waals surface area contributed by atoms with Gasteiger partial charge in [0.2, 0.25) is 5.95 Å². The predicted molar refractivity (Wildman–Crippen MR) is 131 cm³/mol. The van der Waals surface area contributed by atoms with Gasteiger partial charge in [-0.05, 0) is 29.0 Å². The molecule has 5 aromatic rings. The Balaban J connectivity index is 1.34. The van der Waals surface area contributed by atoms with Crippen LogP contribution >= 0.6 is 0 Å². The van der Waals surface area contributed by atoms with Gasteiger partial charge in [0.1, 0.15) is 0 Å². The monoisotopic (exact) mass is 453 g/mol. The van der Waals surface area contributed by atoms with Crippen molar-refractivity contribution in [2.75, 3.05) is 25.7 Å². The number of ether oxygens (including phenoxy) is 2. The van der Waals surface area contributed by atoms with E-state index in [1.807, 2.05) is 12.4 Å². The minimum Gasteiger partial charge on any atom is -0.493 e. The van der Waals surface area contributed by atoms with Crippen LogP contribution in [-0.2, 0) is 13.0 Å². The number of aromatic amines is 1. The summed E-state index contributed by atoms with van der Waals surface area (Å²) in [7, 11) is 3.11. The number of hydrogen-bond donors (Lipinski definition) is 1. The first-order valence-corrected chi connectivity index (χ1v) is 11.1. The molecular weight excluding hydrogens is 430 g/mol. The highest BCUT2D eigenvalue weighted by Crippen LogP contribution is 2.31. The third kappa shape index (κ3) is 3.26. The van der Waals surface area contributed by atoms with Crippen molar-refractivity contribution in [2.24, 2.45) is 0 Å². The molecule has 0 unspecified atom stereocenters. The normalized spacial score (nSPS) is 13.3. The van der Waals surface area contributed by atoms with E-state index in [-0.39, 0.29) is 5.56 Å². The van der Waals surface area contributed by atoms with Crippen molar-refractivity contribution in [2.45, 2.75) is 13.0 Å². The van der Waals surface area contributed by atoms with Crippen LogP contribution < -0.4 is 19.9 Å². The summed E-state index contributed by atoms with van der Waals surface area (Å²) in [5.41, 5.74) is 3.60. The lowest BCUT2D eigenvalue weighted by molar-refractivity contribution is 0.355. The molecule has 0 fully saturated rings. The Kier molecular flexibility index (Phi) is 4.72. The van der Waals surface area contributed by atoms with Gasteiger partial charge in [-0.3, -0.25) is 9.78 Å². The molecule has 0 saturated heterocycles. The van der Waals surface area contributed by atoms with E-state index in [0.717, 1.165) is 17.8 Å². The van der Waals surface area contributed by atoms with Gasteiger partial charge in [0.05, 0.1) is 43.7 Å². The standard InChI is InChI=1S/C26H23N5O3/c1-33-23-12-19-20(13-24(23)34-2)28-26(29-25(19)32)30-10-9-22-21(14-30)27-15-31(22)18-8-7-16-5-3-4-6-17(16)11-18/h3-8,11-13,15H,9-10,14H2,1-2H3,(H,28,29,32). The van der Waals surface area contributed by atoms with Crippen LogP contribution in [0.25, 0.3) is 27.4 Å². The van der Waals surface area contributed by atoms with Gasteiger partial charge in [0.25, 0.3) is 5.56 Å². The smallest absolute Gasteiger partial charge is 0.260 e. The van der Waals surface area contributed by atoms with E-state index in [1.54, 1.807) is 26.4 Å². The van der Waals surface area contributed by atoms with Crippen molar-refractivity contribution in [3.8, 4) is 17.2 Å². The summed E-state index contributed by atoms with van der Waals surface area (Å²) in [6.07, 6.45) is 2.67. The van der Waals surface area contributed by atoms with Crippen LogP contribution in [0.1, 0.15) is 11.4 Å². The minimum atomic E-state index is -0.214. The second-order valence-electron chi connectivity index (χ2n) is 8.32. The molecule has 0 amide bonds. The maximum atomic E-state index is 12.8. The maximum Gasteiger partial charge on any atom is 0.260 e. The van der Waals surface area contributed by atoms with Gasteiger partial charge in [-0.1, -0.05) is 30.3 Å². The van der Waals surface area contributed by atoms with E-state index in [2.05, 4.69) is 55.8 Å². The topological polar surface area (TPSA) is 85.3 Å². The van der Waals surface area contributed by atoms with Crippen molar-refractivity contribution in [3.05, 3.63) is 82.7 Å². The Morgan fingerprint density at radius 2 is 1.76 bits per heavy atom. The number of H-pyrrole nitrogens is 1.